The minimum absolute atomic E-state index is 0.0222. The van der Waals surface area contributed by atoms with Crippen LogP contribution in [-0.2, 0) is 11.2 Å². The second-order valence-corrected chi connectivity index (χ2v) is 4.79. The van der Waals surface area contributed by atoms with Crippen LogP contribution in [0, 0.1) is 0 Å². The lowest BCUT2D eigenvalue weighted by molar-refractivity contribution is -0.137. The van der Waals surface area contributed by atoms with E-state index >= 15 is 0 Å². The quantitative estimate of drug-likeness (QED) is 0.890. The number of hydrogen-bond donors (Lipinski definition) is 1. The number of carboxylic acid groups (broad SMARTS) is 1. The molecule has 1 heterocycles. The van der Waals surface area contributed by atoms with Gasteiger partial charge >= 0.3 is 5.97 Å². The van der Waals surface area contributed by atoms with E-state index in [0.29, 0.717) is 24.1 Å². The summed E-state index contributed by atoms with van der Waals surface area (Å²) in [6.07, 6.45) is 1.34. The van der Waals surface area contributed by atoms with Crippen molar-refractivity contribution >= 4 is 5.97 Å². The summed E-state index contributed by atoms with van der Waals surface area (Å²) in [4.78, 5) is 10.5. The zero-order valence-electron chi connectivity index (χ0n) is 10.3. The van der Waals surface area contributed by atoms with Crippen molar-refractivity contribution in [3.8, 4) is 0 Å². The van der Waals surface area contributed by atoms with Crippen molar-refractivity contribution in [3.05, 3.63) is 47.7 Å². The van der Waals surface area contributed by atoms with E-state index in [-0.39, 0.29) is 12.3 Å². The number of carbonyl (C=O) groups is 1. The third-order valence-corrected chi connectivity index (χ3v) is 3.37. The van der Waals surface area contributed by atoms with E-state index in [2.05, 4.69) is 22.3 Å². The van der Waals surface area contributed by atoms with Crippen molar-refractivity contribution in [1.82, 2.24) is 10.2 Å². The monoisotopic (exact) mass is 258 g/mol. The van der Waals surface area contributed by atoms with Crippen LogP contribution in [0.5, 0.6) is 0 Å². The van der Waals surface area contributed by atoms with Crippen LogP contribution in [-0.4, -0.2) is 21.3 Å². The van der Waals surface area contributed by atoms with Gasteiger partial charge in [-0.2, -0.15) is 0 Å². The first-order valence-electron chi connectivity index (χ1n) is 6.33. The van der Waals surface area contributed by atoms with Gasteiger partial charge in [-0.1, -0.05) is 30.3 Å². The molecule has 1 saturated carbocycles. The fourth-order valence-corrected chi connectivity index (χ4v) is 2.27. The standard InChI is InChI=1S/C14H14N2O3/c17-13(18)7-6-12-15-16-14(19-12)11-8-10(11)9-4-2-1-3-5-9/h1-5,10-11H,6-8H2,(H,17,18). The van der Waals surface area contributed by atoms with E-state index < -0.39 is 5.97 Å². The Hall–Kier alpha value is -2.17. The van der Waals surface area contributed by atoms with Gasteiger partial charge < -0.3 is 9.52 Å². The Balaban J connectivity index is 1.64. The molecule has 1 fully saturated rings. The summed E-state index contributed by atoms with van der Waals surface area (Å²) in [5.74, 6) is 0.932. The van der Waals surface area contributed by atoms with Crippen LogP contribution in [0.2, 0.25) is 0 Å². The summed E-state index contributed by atoms with van der Waals surface area (Å²) in [7, 11) is 0. The zero-order valence-corrected chi connectivity index (χ0v) is 10.3. The Kier molecular flexibility index (Phi) is 3.03. The molecular weight excluding hydrogens is 244 g/mol. The molecule has 3 rings (SSSR count). The molecule has 1 N–H and O–H groups in total. The molecule has 0 amide bonds. The van der Waals surface area contributed by atoms with Gasteiger partial charge in [0.1, 0.15) is 0 Å². The van der Waals surface area contributed by atoms with E-state index in [0.717, 1.165) is 6.42 Å². The lowest BCUT2D eigenvalue weighted by atomic mass is 10.1. The molecule has 0 radical (unpaired) electrons. The molecule has 0 saturated heterocycles. The van der Waals surface area contributed by atoms with E-state index in [9.17, 15) is 4.79 Å². The predicted octanol–water partition coefficient (Wildman–Crippen LogP) is 2.36. The molecule has 0 aliphatic heterocycles. The molecular formula is C14H14N2O3. The Bertz CT molecular complexity index is 579. The van der Waals surface area contributed by atoms with Gasteiger partial charge in [0.25, 0.3) is 0 Å². The number of aryl methyl sites for hydroxylation is 1. The summed E-state index contributed by atoms with van der Waals surface area (Å²) in [6, 6.07) is 10.3. The maximum absolute atomic E-state index is 10.5. The van der Waals surface area contributed by atoms with Gasteiger partial charge in [0.2, 0.25) is 11.8 Å². The highest BCUT2D eigenvalue weighted by Gasteiger charge is 2.43. The van der Waals surface area contributed by atoms with Crippen LogP contribution in [0.4, 0.5) is 0 Å². The SMILES string of the molecule is O=C(O)CCc1nnc(C2CC2c2ccccc2)o1. The van der Waals surface area contributed by atoms with Gasteiger partial charge in [0.15, 0.2) is 0 Å². The minimum atomic E-state index is -0.853. The van der Waals surface area contributed by atoms with Crippen LogP contribution in [0.1, 0.15) is 42.0 Å². The predicted molar refractivity (Wildman–Crippen MR) is 66.8 cm³/mol. The lowest BCUT2D eigenvalue weighted by Crippen LogP contribution is -1.97. The zero-order chi connectivity index (χ0) is 13.2. The number of rotatable bonds is 5. The summed E-state index contributed by atoms with van der Waals surface area (Å²) in [5.41, 5.74) is 1.29. The molecule has 2 unspecified atom stereocenters. The van der Waals surface area contributed by atoms with Crippen molar-refractivity contribution in [2.75, 3.05) is 0 Å². The smallest absolute Gasteiger partial charge is 0.303 e. The van der Waals surface area contributed by atoms with Gasteiger partial charge in [0.05, 0.1) is 6.42 Å². The first-order valence-corrected chi connectivity index (χ1v) is 6.33. The molecule has 2 aromatic rings. The molecule has 98 valence electrons. The maximum atomic E-state index is 10.5. The molecule has 1 aliphatic rings. The number of benzene rings is 1. The van der Waals surface area contributed by atoms with Crippen LogP contribution >= 0.6 is 0 Å². The fourth-order valence-electron chi connectivity index (χ4n) is 2.27. The molecule has 19 heavy (non-hydrogen) atoms. The molecule has 1 aromatic heterocycles. The normalized spacial score (nSPS) is 21.3. The second kappa shape index (κ2) is 4.84. The van der Waals surface area contributed by atoms with Crippen molar-refractivity contribution in [2.45, 2.75) is 31.1 Å². The topological polar surface area (TPSA) is 76.2 Å². The molecule has 2 atom stereocenters. The third kappa shape index (κ3) is 2.65. The molecule has 5 heteroatoms. The highest BCUT2D eigenvalue weighted by atomic mass is 16.4. The lowest BCUT2D eigenvalue weighted by Gasteiger charge is -1.96. The number of hydrogen-bond acceptors (Lipinski definition) is 4. The van der Waals surface area contributed by atoms with Crippen LogP contribution in [0.25, 0.3) is 0 Å². The largest absolute Gasteiger partial charge is 0.481 e. The Labute approximate surface area is 110 Å². The Morgan fingerprint density at radius 1 is 1.26 bits per heavy atom. The van der Waals surface area contributed by atoms with Crippen LogP contribution < -0.4 is 0 Å². The number of nitrogens with zero attached hydrogens (tertiary/aromatic N) is 2. The molecule has 0 spiro atoms. The van der Waals surface area contributed by atoms with E-state index in [4.69, 9.17) is 9.52 Å². The van der Waals surface area contributed by atoms with Crippen molar-refractivity contribution in [3.63, 3.8) is 0 Å². The number of aromatic nitrogens is 2. The van der Waals surface area contributed by atoms with Gasteiger partial charge in [-0.25, -0.2) is 0 Å². The minimum Gasteiger partial charge on any atom is -0.481 e. The van der Waals surface area contributed by atoms with Crippen LogP contribution in [0.3, 0.4) is 0 Å². The van der Waals surface area contributed by atoms with E-state index in [1.807, 2.05) is 18.2 Å². The summed E-state index contributed by atoms with van der Waals surface area (Å²) in [6.45, 7) is 0. The van der Waals surface area contributed by atoms with Gasteiger partial charge in [-0.05, 0) is 17.9 Å². The third-order valence-electron chi connectivity index (χ3n) is 3.37. The van der Waals surface area contributed by atoms with E-state index in [1.165, 1.54) is 5.56 Å². The number of aliphatic carboxylic acids is 1. The first-order chi connectivity index (χ1) is 9.24. The maximum Gasteiger partial charge on any atom is 0.303 e. The summed E-state index contributed by atoms with van der Waals surface area (Å²) in [5, 5.41) is 16.5. The van der Waals surface area contributed by atoms with E-state index in [1.54, 1.807) is 0 Å². The first kappa shape index (κ1) is 11.9. The Morgan fingerprint density at radius 3 is 2.79 bits per heavy atom. The Morgan fingerprint density at radius 2 is 2.05 bits per heavy atom. The average molecular weight is 258 g/mol. The highest BCUT2D eigenvalue weighted by Crippen LogP contribution is 2.53. The van der Waals surface area contributed by atoms with Crippen molar-refractivity contribution < 1.29 is 14.3 Å². The van der Waals surface area contributed by atoms with Crippen LogP contribution in [0.15, 0.2) is 34.7 Å². The summed E-state index contributed by atoms with van der Waals surface area (Å²) >= 11 is 0. The van der Waals surface area contributed by atoms with Gasteiger partial charge in [-0.15, -0.1) is 10.2 Å². The van der Waals surface area contributed by atoms with Gasteiger partial charge in [0, 0.05) is 12.3 Å². The molecule has 1 aromatic carbocycles. The molecule has 0 bridgehead atoms. The second-order valence-electron chi connectivity index (χ2n) is 4.79. The van der Waals surface area contributed by atoms with Gasteiger partial charge in [-0.3, -0.25) is 4.79 Å². The molecule has 5 nitrogen and oxygen atoms in total. The molecule has 1 aliphatic carbocycles. The highest BCUT2D eigenvalue weighted by molar-refractivity contribution is 5.66. The van der Waals surface area contributed by atoms with Crippen molar-refractivity contribution in [2.24, 2.45) is 0 Å². The number of carboxylic acids is 1. The fraction of sp³-hybridized carbons (Fsp3) is 0.357. The summed E-state index contributed by atoms with van der Waals surface area (Å²) < 4.78 is 5.52. The van der Waals surface area contributed by atoms with Crippen molar-refractivity contribution in [1.29, 1.82) is 0 Å². The average Bonchev–Trinajstić information content (AvgIpc) is 3.09.